The van der Waals surface area contributed by atoms with Gasteiger partial charge in [-0.2, -0.15) is 0 Å². The number of H-pyrrole nitrogens is 2. The van der Waals surface area contributed by atoms with Gasteiger partial charge in [0.15, 0.2) is 0 Å². The number of carbonyl (C=O) groups is 3. The summed E-state index contributed by atoms with van der Waals surface area (Å²) >= 11 is 1.61. The molecule has 5 heterocycles. The van der Waals surface area contributed by atoms with Gasteiger partial charge < -0.3 is 30.2 Å². The first-order valence-electron chi connectivity index (χ1n) is 18.9. The Morgan fingerprint density at radius 1 is 0.732 bits per heavy atom. The second kappa shape index (κ2) is 16.0. The van der Waals surface area contributed by atoms with E-state index in [2.05, 4.69) is 68.8 Å². The van der Waals surface area contributed by atoms with Crippen LogP contribution in [0.1, 0.15) is 71.9 Å². The monoisotopic (exact) mass is 768 g/mol. The van der Waals surface area contributed by atoms with Gasteiger partial charge in [0.25, 0.3) is 5.91 Å². The molecule has 0 aliphatic carbocycles. The Morgan fingerprint density at radius 3 is 1.73 bits per heavy atom. The molecular weight excluding hydrogens is 725 g/mol. The van der Waals surface area contributed by atoms with Crippen molar-refractivity contribution in [1.29, 1.82) is 0 Å². The number of amides is 3. The van der Waals surface area contributed by atoms with Crippen LogP contribution in [0.25, 0.3) is 33.6 Å². The van der Waals surface area contributed by atoms with Gasteiger partial charge in [-0.25, -0.2) is 14.8 Å². The van der Waals surface area contributed by atoms with Crippen molar-refractivity contribution in [2.75, 3.05) is 27.2 Å². The molecule has 4 N–H and O–H groups in total. The SMILES string of the molecule is CN(C)C(C(=O)N1CCC[C@H]1c1ncc(-c2ccc(-c3ccc(-c4cnc([C@@H]5CCCN5C(=O)[C@H](NC(=O)O)c5ccccc5)[nH]4)cc3)cc2)[nH]1)c1cccs1. The van der Waals surface area contributed by atoms with Crippen molar-refractivity contribution in [3.63, 3.8) is 0 Å². The average Bonchev–Trinajstić information content (AvgIpc) is 4.07. The highest BCUT2D eigenvalue weighted by Crippen LogP contribution is 2.37. The zero-order valence-electron chi connectivity index (χ0n) is 31.3. The van der Waals surface area contributed by atoms with Crippen molar-refractivity contribution < 1.29 is 19.5 Å². The number of carboxylic acid groups (broad SMARTS) is 1. The van der Waals surface area contributed by atoms with Crippen LogP contribution in [0.15, 0.2) is 109 Å². The van der Waals surface area contributed by atoms with Gasteiger partial charge in [0.1, 0.15) is 23.7 Å². The van der Waals surface area contributed by atoms with E-state index in [-0.39, 0.29) is 29.9 Å². The number of rotatable bonds is 11. The minimum absolute atomic E-state index is 0.0879. The molecule has 1 unspecified atom stereocenters. The number of aromatic nitrogens is 4. The first-order valence-corrected chi connectivity index (χ1v) is 19.8. The summed E-state index contributed by atoms with van der Waals surface area (Å²) in [5, 5.41) is 13.9. The Bertz CT molecular complexity index is 2290. The van der Waals surface area contributed by atoms with Crippen LogP contribution in [0.5, 0.6) is 0 Å². The maximum absolute atomic E-state index is 13.8. The molecule has 2 aliphatic heterocycles. The maximum atomic E-state index is 13.8. The summed E-state index contributed by atoms with van der Waals surface area (Å²) in [6.07, 6.45) is 5.73. The molecule has 0 saturated carbocycles. The Kier molecular flexibility index (Phi) is 10.5. The molecule has 8 rings (SSSR count). The molecule has 6 aromatic rings. The summed E-state index contributed by atoms with van der Waals surface area (Å²) in [5.41, 5.74) is 6.47. The van der Waals surface area contributed by atoms with Gasteiger partial charge in [0.2, 0.25) is 5.91 Å². The Hall–Kier alpha value is -6.05. The van der Waals surface area contributed by atoms with E-state index in [1.54, 1.807) is 46.7 Å². The zero-order valence-corrected chi connectivity index (χ0v) is 32.1. The van der Waals surface area contributed by atoms with E-state index in [1.165, 1.54) is 0 Å². The Labute approximate surface area is 329 Å². The lowest BCUT2D eigenvalue weighted by Crippen LogP contribution is -2.42. The number of aromatic amines is 2. The predicted octanol–water partition coefficient (Wildman–Crippen LogP) is 7.83. The third-order valence-corrected chi connectivity index (χ3v) is 11.8. The smallest absolute Gasteiger partial charge is 0.405 e. The first kappa shape index (κ1) is 36.9. The van der Waals surface area contributed by atoms with Crippen molar-refractivity contribution in [2.24, 2.45) is 0 Å². The van der Waals surface area contributed by atoms with Crippen molar-refractivity contribution in [1.82, 2.24) is 40.0 Å². The van der Waals surface area contributed by atoms with Gasteiger partial charge in [0.05, 0.1) is 35.9 Å². The number of likely N-dealkylation sites (N-methyl/N-ethyl adjacent to an activating group) is 1. The fourth-order valence-electron chi connectivity index (χ4n) is 8.04. The molecular formula is C43H44N8O4S. The average molecular weight is 769 g/mol. The topological polar surface area (TPSA) is 151 Å². The van der Waals surface area contributed by atoms with E-state index in [0.29, 0.717) is 24.5 Å². The summed E-state index contributed by atoms with van der Waals surface area (Å²) in [4.78, 5) is 62.3. The van der Waals surface area contributed by atoms with E-state index in [4.69, 9.17) is 4.98 Å². The number of benzene rings is 3. The normalized spacial score (nSPS) is 18.0. The van der Waals surface area contributed by atoms with Crippen molar-refractivity contribution in [3.8, 4) is 33.6 Å². The van der Waals surface area contributed by atoms with Crippen molar-refractivity contribution >= 4 is 29.2 Å². The molecule has 13 heteroatoms. The van der Waals surface area contributed by atoms with Crippen molar-refractivity contribution in [2.45, 2.75) is 49.9 Å². The molecule has 286 valence electrons. The Morgan fingerprint density at radius 2 is 1.25 bits per heavy atom. The molecule has 0 spiro atoms. The van der Waals surface area contributed by atoms with Gasteiger partial charge in [-0.05, 0) is 79.0 Å². The number of thiophene rings is 1. The summed E-state index contributed by atoms with van der Waals surface area (Å²) in [7, 11) is 3.91. The van der Waals surface area contributed by atoms with E-state index < -0.39 is 12.1 Å². The highest BCUT2D eigenvalue weighted by atomic mass is 32.1. The highest BCUT2D eigenvalue weighted by molar-refractivity contribution is 7.10. The van der Waals surface area contributed by atoms with Crippen LogP contribution in [0, 0.1) is 0 Å². The minimum atomic E-state index is -1.25. The summed E-state index contributed by atoms with van der Waals surface area (Å²) in [5.74, 6) is 1.31. The molecule has 56 heavy (non-hydrogen) atoms. The lowest BCUT2D eigenvalue weighted by molar-refractivity contribution is -0.137. The molecule has 3 amide bonds. The molecule has 0 radical (unpaired) electrons. The molecule has 12 nitrogen and oxygen atoms in total. The number of hydrogen-bond donors (Lipinski definition) is 4. The fraction of sp³-hybridized carbons (Fsp3) is 0.279. The number of nitrogens with one attached hydrogen (secondary N) is 3. The standard InChI is InChI=1S/C43H44N8O4S/c1-49(2)38(36-13-8-24-56-36)42(53)51-23-7-12-35(51)40-45-26-33(47-40)30-20-16-28(17-21-30)27-14-18-29(19-15-27)32-25-44-39(46-32)34-11-6-22-50(34)41(52)37(48-43(54)55)31-9-4-3-5-10-31/h3-5,8-10,13-21,24-26,34-35,37-38,48H,6-7,11-12,22-23H2,1-2H3,(H,44,46)(H,45,47)(H,54,55)/t34-,35-,37+,38?/m0/s1. The highest BCUT2D eigenvalue weighted by Gasteiger charge is 2.38. The van der Waals surface area contributed by atoms with Crippen LogP contribution >= 0.6 is 11.3 Å². The number of hydrogen-bond acceptors (Lipinski definition) is 7. The zero-order chi connectivity index (χ0) is 38.8. The summed E-state index contributed by atoms with van der Waals surface area (Å²) in [6, 6.07) is 27.9. The van der Waals surface area contributed by atoms with Crippen LogP contribution < -0.4 is 5.32 Å². The van der Waals surface area contributed by atoms with Gasteiger partial charge in [-0.15, -0.1) is 11.3 Å². The molecule has 3 aromatic carbocycles. The molecule has 2 fully saturated rings. The molecule has 3 aromatic heterocycles. The largest absolute Gasteiger partial charge is 0.465 e. The van der Waals surface area contributed by atoms with Crippen LogP contribution in [0.2, 0.25) is 0 Å². The number of imidazole rings is 2. The van der Waals surface area contributed by atoms with Gasteiger partial charge in [0, 0.05) is 18.0 Å². The maximum Gasteiger partial charge on any atom is 0.405 e. The van der Waals surface area contributed by atoms with E-state index in [1.807, 2.05) is 53.7 Å². The van der Waals surface area contributed by atoms with Crippen molar-refractivity contribution in [3.05, 3.63) is 131 Å². The second-order valence-electron chi connectivity index (χ2n) is 14.6. The number of nitrogens with zero attached hydrogens (tertiary/aromatic N) is 5. The molecule has 2 saturated heterocycles. The van der Waals surface area contributed by atoms with Crippen LogP contribution in [0.3, 0.4) is 0 Å². The summed E-state index contributed by atoms with van der Waals surface area (Å²) in [6.45, 7) is 1.24. The second-order valence-corrected chi connectivity index (χ2v) is 15.6. The minimum Gasteiger partial charge on any atom is -0.465 e. The third-order valence-electron chi connectivity index (χ3n) is 10.8. The van der Waals surface area contributed by atoms with E-state index >= 15 is 0 Å². The van der Waals surface area contributed by atoms with Crippen LogP contribution in [-0.4, -0.2) is 84.8 Å². The molecule has 2 aliphatic rings. The van der Waals surface area contributed by atoms with E-state index in [9.17, 15) is 19.5 Å². The summed E-state index contributed by atoms with van der Waals surface area (Å²) < 4.78 is 0. The third kappa shape index (κ3) is 7.47. The number of carbonyl (C=O) groups excluding carboxylic acids is 2. The van der Waals surface area contributed by atoms with Gasteiger partial charge in [-0.3, -0.25) is 14.5 Å². The van der Waals surface area contributed by atoms with E-state index in [0.717, 1.165) is 70.0 Å². The van der Waals surface area contributed by atoms with Crippen LogP contribution in [0.4, 0.5) is 4.79 Å². The Balaban J connectivity index is 0.930. The van der Waals surface area contributed by atoms with Gasteiger partial charge in [-0.1, -0.05) is 84.9 Å². The van der Waals surface area contributed by atoms with Crippen LogP contribution in [-0.2, 0) is 9.59 Å². The lowest BCUT2D eigenvalue weighted by Gasteiger charge is -2.30. The first-order chi connectivity index (χ1) is 27.2. The number of likely N-dealkylation sites (tertiary alicyclic amines) is 2. The quantitative estimate of drug-likeness (QED) is 0.105. The molecule has 4 atom stereocenters. The molecule has 0 bridgehead atoms. The lowest BCUT2D eigenvalue weighted by atomic mass is 10.0. The fourth-order valence-corrected chi connectivity index (χ4v) is 8.95. The van der Waals surface area contributed by atoms with Gasteiger partial charge >= 0.3 is 6.09 Å². The predicted molar refractivity (Wildman–Crippen MR) is 216 cm³/mol.